The zero-order valence-electron chi connectivity index (χ0n) is 11.5. The van der Waals surface area contributed by atoms with Crippen molar-refractivity contribution in [2.24, 2.45) is 7.05 Å². The number of nitrogens with one attached hydrogen (secondary N) is 1. The number of ether oxygens (including phenoxy) is 2. The highest BCUT2D eigenvalue weighted by atomic mass is 32.2. The van der Waals surface area contributed by atoms with E-state index in [1.54, 1.807) is 14.2 Å². The quantitative estimate of drug-likeness (QED) is 0.760. The van der Waals surface area contributed by atoms with Crippen LogP contribution in [0.3, 0.4) is 0 Å². The Bertz CT molecular complexity index is 584. The second-order valence-electron chi connectivity index (χ2n) is 4.70. The van der Waals surface area contributed by atoms with Gasteiger partial charge in [0.05, 0.1) is 29.3 Å². The minimum Gasteiger partial charge on any atom is -0.389 e. The summed E-state index contributed by atoms with van der Waals surface area (Å²) in [7, 11) is 4.64. The van der Waals surface area contributed by atoms with E-state index in [1.807, 2.05) is 0 Å². The Morgan fingerprint density at radius 3 is 2.75 bits per heavy atom. The van der Waals surface area contributed by atoms with Crippen LogP contribution < -0.4 is 11.2 Å². The van der Waals surface area contributed by atoms with E-state index in [0.29, 0.717) is 12.2 Å². The molecule has 0 amide bonds. The smallest absolute Gasteiger partial charge is 0.328 e. The van der Waals surface area contributed by atoms with E-state index in [1.165, 1.54) is 29.6 Å². The largest absolute Gasteiger partial charge is 0.389 e. The second-order valence-corrected chi connectivity index (χ2v) is 6.08. The first-order valence-corrected chi connectivity index (χ1v) is 7.09. The van der Waals surface area contributed by atoms with Gasteiger partial charge >= 0.3 is 5.69 Å². The first-order chi connectivity index (χ1) is 9.49. The van der Waals surface area contributed by atoms with Crippen LogP contribution in [0.15, 0.2) is 15.8 Å². The lowest BCUT2D eigenvalue weighted by molar-refractivity contribution is -0.0139. The predicted octanol–water partition coefficient (Wildman–Crippen LogP) is -0.748. The molecule has 0 aromatic carbocycles. The predicted molar refractivity (Wildman–Crippen MR) is 75.1 cm³/mol. The zero-order chi connectivity index (χ0) is 14.9. The molecule has 0 saturated carbocycles. The molecule has 1 unspecified atom stereocenters. The molecule has 1 saturated heterocycles. The molecular weight excluding hydrogens is 284 g/mol. The van der Waals surface area contributed by atoms with Crippen LogP contribution in [-0.2, 0) is 16.5 Å². The molecular formula is C12H18N2O5S. The number of rotatable bonds is 4. The molecule has 2 heterocycles. The third-order valence-corrected chi connectivity index (χ3v) is 4.96. The summed E-state index contributed by atoms with van der Waals surface area (Å²) in [5, 5.41) is 9.83. The van der Waals surface area contributed by atoms with E-state index in [-0.39, 0.29) is 5.25 Å². The van der Waals surface area contributed by atoms with Crippen LogP contribution in [0.4, 0.5) is 0 Å². The van der Waals surface area contributed by atoms with Crippen molar-refractivity contribution in [3.8, 4) is 0 Å². The van der Waals surface area contributed by atoms with E-state index in [4.69, 9.17) is 9.47 Å². The number of aliphatic hydroxyl groups is 1. The average molecular weight is 302 g/mol. The Kier molecular flexibility index (Phi) is 4.69. The Morgan fingerprint density at radius 1 is 1.45 bits per heavy atom. The van der Waals surface area contributed by atoms with Crippen LogP contribution in [-0.4, -0.2) is 52.9 Å². The summed E-state index contributed by atoms with van der Waals surface area (Å²) in [6.07, 6.45) is 0.217. The van der Waals surface area contributed by atoms with Crippen LogP contribution in [0.2, 0.25) is 0 Å². The fourth-order valence-electron chi connectivity index (χ4n) is 2.37. The van der Waals surface area contributed by atoms with Gasteiger partial charge in [-0.3, -0.25) is 9.78 Å². The van der Waals surface area contributed by atoms with Gasteiger partial charge in [0.2, 0.25) is 0 Å². The van der Waals surface area contributed by atoms with Crippen molar-refractivity contribution in [1.29, 1.82) is 0 Å². The van der Waals surface area contributed by atoms with Gasteiger partial charge in [0.1, 0.15) is 0 Å². The molecule has 112 valence electrons. The Labute approximate surface area is 119 Å². The molecule has 8 heteroatoms. The normalized spacial score (nSPS) is 29.8. The van der Waals surface area contributed by atoms with Gasteiger partial charge in [0.15, 0.2) is 0 Å². The fourth-order valence-corrected chi connectivity index (χ4v) is 4.02. The standard InChI is InChI=1S/C12H18N2O5S/c1-14-4-6(11(16)13-12(14)17)10-8(15)9(19-3)7(20-10)5-18-2/h4,7-10,15H,5H2,1-3H3,(H,13,16,17)/t7-,8+,9?,10+/m1/s1. The number of aromatic nitrogens is 2. The van der Waals surface area contributed by atoms with E-state index >= 15 is 0 Å². The van der Waals surface area contributed by atoms with Crippen LogP contribution >= 0.6 is 11.8 Å². The van der Waals surface area contributed by atoms with E-state index in [2.05, 4.69) is 4.98 Å². The van der Waals surface area contributed by atoms with Gasteiger partial charge in [-0.1, -0.05) is 0 Å². The summed E-state index contributed by atoms with van der Waals surface area (Å²) in [6.45, 7) is 0.417. The van der Waals surface area contributed by atoms with Crippen molar-refractivity contribution in [2.45, 2.75) is 22.7 Å². The van der Waals surface area contributed by atoms with E-state index in [9.17, 15) is 14.7 Å². The maximum Gasteiger partial charge on any atom is 0.328 e. The molecule has 2 rings (SSSR count). The number of H-pyrrole nitrogens is 1. The highest BCUT2D eigenvalue weighted by molar-refractivity contribution is 8.00. The maximum atomic E-state index is 11.9. The Hall–Kier alpha value is -1.09. The monoisotopic (exact) mass is 302 g/mol. The van der Waals surface area contributed by atoms with Crippen molar-refractivity contribution in [1.82, 2.24) is 9.55 Å². The van der Waals surface area contributed by atoms with Crippen LogP contribution in [0.5, 0.6) is 0 Å². The highest BCUT2D eigenvalue weighted by Crippen LogP contribution is 2.45. The molecule has 2 N–H and O–H groups in total. The van der Waals surface area contributed by atoms with Crippen molar-refractivity contribution in [3.05, 3.63) is 32.6 Å². The van der Waals surface area contributed by atoms with Gasteiger partial charge in [-0.2, -0.15) is 0 Å². The van der Waals surface area contributed by atoms with Crippen molar-refractivity contribution < 1.29 is 14.6 Å². The van der Waals surface area contributed by atoms with Crippen molar-refractivity contribution in [3.63, 3.8) is 0 Å². The summed E-state index contributed by atoms with van der Waals surface area (Å²) in [6, 6.07) is 0. The van der Waals surface area contributed by atoms with Crippen LogP contribution in [0.25, 0.3) is 0 Å². The summed E-state index contributed by atoms with van der Waals surface area (Å²) in [4.78, 5) is 25.5. The molecule has 1 fully saturated rings. The Morgan fingerprint density at radius 2 is 2.15 bits per heavy atom. The molecule has 20 heavy (non-hydrogen) atoms. The van der Waals surface area contributed by atoms with Gasteiger partial charge in [-0.05, 0) is 0 Å². The van der Waals surface area contributed by atoms with Crippen LogP contribution in [0.1, 0.15) is 10.8 Å². The van der Waals surface area contributed by atoms with Gasteiger partial charge in [-0.25, -0.2) is 4.79 Å². The average Bonchev–Trinajstić information content (AvgIpc) is 2.71. The molecule has 0 radical (unpaired) electrons. The number of aliphatic hydroxyl groups excluding tert-OH is 1. The van der Waals surface area contributed by atoms with E-state index < -0.39 is 28.7 Å². The first kappa shape index (κ1) is 15.3. The summed E-state index contributed by atoms with van der Waals surface area (Å²) in [5.41, 5.74) is -0.587. The number of nitrogens with zero attached hydrogens (tertiary/aromatic N) is 1. The highest BCUT2D eigenvalue weighted by Gasteiger charge is 2.45. The van der Waals surface area contributed by atoms with Crippen molar-refractivity contribution >= 4 is 11.8 Å². The summed E-state index contributed by atoms with van der Waals surface area (Å²) in [5.74, 6) is 0. The zero-order valence-corrected chi connectivity index (χ0v) is 12.3. The second kappa shape index (κ2) is 6.13. The van der Waals surface area contributed by atoms with Gasteiger partial charge in [0, 0.05) is 33.0 Å². The SMILES string of the molecule is COC[C@H]1S[C@@H](c2cn(C)c(=O)[nH]c2=O)[C@@H](O)C1OC. The minimum absolute atomic E-state index is 0.0679. The third-order valence-electron chi connectivity index (χ3n) is 3.38. The lowest BCUT2D eigenvalue weighted by Crippen LogP contribution is -2.36. The molecule has 1 aromatic heterocycles. The molecule has 1 aliphatic rings. The van der Waals surface area contributed by atoms with Crippen LogP contribution in [0, 0.1) is 0 Å². The summed E-state index contributed by atoms with van der Waals surface area (Å²) < 4.78 is 11.7. The minimum atomic E-state index is -0.830. The molecule has 0 spiro atoms. The number of hydrogen-bond acceptors (Lipinski definition) is 6. The lowest BCUT2D eigenvalue weighted by Gasteiger charge is -2.19. The number of thioether (sulfide) groups is 1. The summed E-state index contributed by atoms with van der Waals surface area (Å²) >= 11 is 1.42. The van der Waals surface area contributed by atoms with Crippen molar-refractivity contribution in [2.75, 3.05) is 20.8 Å². The fraction of sp³-hybridized carbons (Fsp3) is 0.667. The number of aryl methyl sites for hydroxylation is 1. The molecule has 4 atom stereocenters. The topological polar surface area (TPSA) is 93.6 Å². The number of methoxy groups -OCH3 is 2. The van der Waals surface area contributed by atoms with Gasteiger partial charge in [0.25, 0.3) is 5.56 Å². The maximum absolute atomic E-state index is 11.9. The number of aromatic amines is 1. The molecule has 7 nitrogen and oxygen atoms in total. The molecule has 1 aliphatic heterocycles. The molecule has 1 aromatic rings. The number of hydrogen-bond donors (Lipinski definition) is 2. The van der Waals surface area contributed by atoms with Gasteiger partial charge in [-0.15, -0.1) is 11.8 Å². The third kappa shape index (κ3) is 2.69. The molecule has 0 bridgehead atoms. The lowest BCUT2D eigenvalue weighted by atomic mass is 10.0. The van der Waals surface area contributed by atoms with E-state index in [0.717, 1.165) is 0 Å². The van der Waals surface area contributed by atoms with Gasteiger partial charge < -0.3 is 19.1 Å². The first-order valence-electron chi connectivity index (χ1n) is 6.14. The Balaban J connectivity index is 2.36. The molecule has 0 aliphatic carbocycles.